The van der Waals surface area contributed by atoms with Crippen LogP contribution in [0.1, 0.15) is 53.4 Å². The van der Waals surface area contributed by atoms with Gasteiger partial charge >= 0.3 is 0 Å². The summed E-state index contributed by atoms with van der Waals surface area (Å²) in [5, 5.41) is 57.2. The van der Waals surface area contributed by atoms with Crippen LogP contribution in [0.15, 0.2) is 44.8 Å². The first-order valence-electron chi connectivity index (χ1n) is 14.9. The summed E-state index contributed by atoms with van der Waals surface area (Å²) in [6.45, 7) is 11.8. The van der Waals surface area contributed by atoms with Crippen LogP contribution in [-0.4, -0.2) is 76.6 Å². The van der Waals surface area contributed by atoms with Gasteiger partial charge in [0.15, 0.2) is 0 Å². The second kappa shape index (κ2) is 17.0. The van der Waals surface area contributed by atoms with E-state index in [2.05, 4.69) is 39.8 Å². The molecule has 236 valence electrons. The van der Waals surface area contributed by atoms with E-state index in [-0.39, 0.29) is 22.0 Å². The zero-order chi connectivity index (χ0) is 33.6. The van der Waals surface area contributed by atoms with Crippen LogP contribution in [0.25, 0.3) is 0 Å². The first-order chi connectivity index (χ1) is 21.4. The molecule has 2 aliphatic rings. The highest BCUT2D eigenvalue weighted by Crippen LogP contribution is 2.44. The molecule has 0 amide bonds. The first kappa shape index (κ1) is 36.6. The molecule has 0 aromatic carbocycles. The fourth-order valence-electron chi connectivity index (χ4n) is 5.57. The Hall–Kier alpha value is -4.62. The maximum atomic E-state index is 9.83. The van der Waals surface area contributed by atoms with Gasteiger partial charge in [-0.1, -0.05) is 27.7 Å². The van der Waals surface area contributed by atoms with Gasteiger partial charge in [-0.3, -0.25) is 0 Å². The smallest absolute Gasteiger partial charge is 0.134 e. The number of rotatable bonds is 14. The van der Waals surface area contributed by atoms with E-state index in [1.165, 1.54) is 0 Å². The van der Waals surface area contributed by atoms with Crippen LogP contribution < -0.4 is 0 Å². The Morgan fingerprint density at radius 1 is 0.556 bits per heavy atom. The van der Waals surface area contributed by atoms with Crippen molar-refractivity contribution in [2.45, 2.75) is 53.4 Å². The molecular weight excluding hydrogens is 568 g/mol. The van der Waals surface area contributed by atoms with Crippen LogP contribution in [0.2, 0.25) is 0 Å². The third kappa shape index (κ3) is 10.2. The molecule has 2 rings (SSSR count). The second-order valence-corrected chi connectivity index (χ2v) is 12.7. The lowest BCUT2D eigenvalue weighted by Crippen LogP contribution is -2.31. The summed E-state index contributed by atoms with van der Waals surface area (Å²) in [4.78, 5) is 3.93. The van der Waals surface area contributed by atoms with Crippen molar-refractivity contribution >= 4 is 0 Å². The van der Waals surface area contributed by atoms with E-state index in [9.17, 15) is 31.6 Å². The minimum absolute atomic E-state index is 0.00782. The lowest BCUT2D eigenvalue weighted by molar-refractivity contribution is 0.0102. The molecule has 0 aromatic rings. The molecule has 11 heteroatoms. The van der Waals surface area contributed by atoms with Crippen LogP contribution in [0.5, 0.6) is 0 Å². The summed E-state index contributed by atoms with van der Waals surface area (Å²) in [6.07, 6.45) is 2.33. The molecule has 0 aliphatic heterocycles. The summed E-state index contributed by atoms with van der Waals surface area (Å²) in [7, 11) is 3.77. The highest BCUT2D eigenvalue weighted by molar-refractivity contribution is 5.58. The van der Waals surface area contributed by atoms with Gasteiger partial charge in [-0.2, -0.15) is 31.6 Å². The molecule has 0 saturated carbocycles. The minimum Gasteiger partial charge on any atom is -0.377 e. The first-order valence-corrected chi connectivity index (χ1v) is 14.9. The van der Waals surface area contributed by atoms with Crippen molar-refractivity contribution in [1.29, 1.82) is 31.6 Å². The Bertz CT molecular complexity index is 1350. The van der Waals surface area contributed by atoms with Crippen LogP contribution in [0.3, 0.4) is 0 Å². The van der Waals surface area contributed by atoms with Gasteiger partial charge in [0.05, 0.1) is 50.8 Å². The standard InChI is InChI=1S/C34H42N8O3/c1-33(2)15-27(25(19-35)20-36)29(23-39)31(17-33)41(5)7-9-43-11-13-45-14-12-44-10-8-42(6)32-18-34(3,4)16-28(30(32)24-40)26(21-37)22-38/h7-18H2,1-6H3. The van der Waals surface area contributed by atoms with Gasteiger partial charge in [-0.05, 0) is 36.5 Å². The zero-order valence-corrected chi connectivity index (χ0v) is 27.3. The minimum atomic E-state index is -0.185. The normalized spacial score (nSPS) is 16.8. The van der Waals surface area contributed by atoms with Crippen LogP contribution in [0, 0.1) is 78.8 Å². The lowest BCUT2D eigenvalue weighted by atomic mass is 9.72. The summed E-state index contributed by atoms with van der Waals surface area (Å²) in [5.74, 6) is 0. The number of nitrogens with zero attached hydrogens (tertiary/aromatic N) is 8. The Kier molecular flexibility index (Phi) is 13.8. The van der Waals surface area contributed by atoms with E-state index in [1.807, 2.05) is 48.2 Å². The average Bonchev–Trinajstić information content (AvgIpc) is 2.99. The molecule has 0 aromatic heterocycles. The highest BCUT2D eigenvalue weighted by Gasteiger charge is 2.35. The van der Waals surface area contributed by atoms with Crippen molar-refractivity contribution in [3.63, 3.8) is 0 Å². The summed E-state index contributed by atoms with van der Waals surface area (Å²) >= 11 is 0. The van der Waals surface area contributed by atoms with Crippen molar-refractivity contribution in [2.24, 2.45) is 10.8 Å². The van der Waals surface area contributed by atoms with Crippen LogP contribution >= 0.6 is 0 Å². The van der Waals surface area contributed by atoms with Gasteiger partial charge < -0.3 is 24.0 Å². The van der Waals surface area contributed by atoms with Gasteiger partial charge in [-0.25, -0.2) is 0 Å². The van der Waals surface area contributed by atoms with Crippen molar-refractivity contribution in [3.8, 4) is 36.4 Å². The maximum Gasteiger partial charge on any atom is 0.134 e. The van der Waals surface area contributed by atoms with Gasteiger partial charge in [0.1, 0.15) is 47.6 Å². The summed E-state index contributed by atoms with van der Waals surface area (Å²) < 4.78 is 17.1. The Morgan fingerprint density at radius 2 is 0.867 bits per heavy atom. The quantitative estimate of drug-likeness (QED) is 0.195. The molecular formula is C34H42N8O3. The third-order valence-electron chi connectivity index (χ3n) is 7.87. The molecule has 0 unspecified atom stereocenters. The maximum absolute atomic E-state index is 9.83. The van der Waals surface area contributed by atoms with Gasteiger partial charge in [0.2, 0.25) is 0 Å². The van der Waals surface area contributed by atoms with Crippen LogP contribution in [0.4, 0.5) is 0 Å². The van der Waals surface area contributed by atoms with E-state index in [4.69, 9.17) is 14.2 Å². The number of hydrogen-bond donors (Lipinski definition) is 0. The molecule has 0 bridgehead atoms. The number of nitriles is 6. The Labute approximate surface area is 267 Å². The molecule has 0 N–H and O–H groups in total. The molecule has 45 heavy (non-hydrogen) atoms. The second-order valence-electron chi connectivity index (χ2n) is 12.7. The number of ether oxygens (including phenoxy) is 3. The van der Waals surface area contributed by atoms with Crippen molar-refractivity contribution in [3.05, 3.63) is 44.8 Å². The van der Waals surface area contributed by atoms with E-state index < -0.39 is 0 Å². The fourth-order valence-corrected chi connectivity index (χ4v) is 5.57. The average molecular weight is 611 g/mol. The predicted molar refractivity (Wildman–Crippen MR) is 166 cm³/mol. The molecule has 0 saturated heterocycles. The van der Waals surface area contributed by atoms with E-state index >= 15 is 0 Å². The van der Waals surface area contributed by atoms with Crippen molar-refractivity contribution in [1.82, 2.24) is 9.80 Å². The monoisotopic (exact) mass is 610 g/mol. The van der Waals surface area contributed by atoms with E-state index in [0.717, 1.165) is 11.4 Å². The number of hydrogen-bond acceptors (Lipinski definition) is 11. The van der Waals surface area contributed by atoms with Gasteiger partial charge in [0, 0.05) is 49.7 Å². The predicted octanol–water partition coefficient (Wildman–Crippen LogP) is 4.78. The summed E-state index contributed by atoms with van der Waals surface area (Å²) in [6, 6.07) is 12.2. The molecule has 0 spiro atoms. The highest BCUT2D eigenvalue weighted by atomic mass is 16.5. The third-order valence-corrected chi connectivity index (χ3v) is 7.87. The molecule has 0 radical (unpaired) electrons. The van der Waals surface area contributed by atoms with E-state index in [0.29, 0.717) is 101 Å². The van der Waals surface area contributed by atoms with Crippen molar-refractivity contribution in [2.75, 3.05) is 66.8 Å². The van der Waals surface area contributed by atoms with Crippen LogP contribution in [-0.2, 0) is 14.2 Å². The summed E-state index contributed by atoms with van der Waals surface area (Å²) in [5.41, 5.74) is 3.08. The van der Waals surface area contributed by atoms with Crippen molar-refractivity contribution < 1.29 is 14.2 Å². The number of allylic oxidation sites excluding steroid dienone is 8. The molecule has 0 atom stereocenters. The van der Waals surface area contributed by atoms with E-state index in [1.54, 1.807) is 0 Å². The largest absolute Gasteiger partial charge is 0.377 e. The SMILES string of the molecule is CN(CCOCCOCCOCCN(C)C1=C(C#N)C(=C(C#N)C#N)CC(C)(C)C1)C1=C(C#N)C(=C(C#N)C#N)CC(C)(C)C1. The molecule has 0 fully saturated rings. The Morgan fingerprint density at radius 3 is 1.16 bits per heavy atom. The fraction of sp³-hybridized carbons (Fsp3) is 0.588. The zero-order valence-electron chi connectivity index (χ0n) is 27.3. The Balaban J connectivity index is 1.75. The number of likely N-dealkylation sites (N-methyl/N-ethyl adjacent to an activating group) is 2. The lowest BCUT2D eigenvalue weighted by Gasteiger charge is -2.37. The van der Waals surface area contributed by atoms with Gasteiger partial charge in [0.25, 0.3) is 0 Å². The topological polar surface area (TPSA) is 177 Å². The van der Waals surface area contributed by atoms with Gasteiger partial charge in [-0.15, -0.1) is 0 Å². The molecule has 11 nitrogen and oxygen atoms in total. The molecule has 2 aliphatic carbocycles. The molecule has 0 heterocycles.